The third kappa shape index (κ3) is 5.24. The number of rotatable bonds is 4. The number of benzene rings is 1. The van der Waals surface area contributed by atoms with Crippen LogP contribution in [0.2, 0.25) is 10.0 Å². The monoisotopic (exact) mass is 406 g/mol. The molecular formula is C18H25Cl3N2O2. The van der Waals surface area contributed by atoms with E-state index in [9.17, 15) is 9.90 Å². The number of hydrogen-bond donors (Lipinski definition) is 1. The van der Waals surface area contributed by atoms with E-state index in [0.29, 0.717) is 16.5 Å². The largest absolute Gasteiger partial charge is 0.391 e. The fourth-order valence-corrected chi connectivity index (χ4v) is 4.04. The second-order valence-corrected chi connectivity index (χ2v) is 7.61. The van der Waals surface area contributed by atoms with Crippen molar-refractivity contribution in [3.05, 3.63) is 33.8 Å². The molecule has 2 fully saturated rings. The van der Waals surface area contributed by atoms with Crippen LogP contribution in [0.4, 0.5) is 0 Å². The Balaban J connectivity index is 0.00000225. The number of carbonyl (C=O) groups is 1. The summed E-state index contributed by atoms with van der Waals surface area (Å²) in [6.45, 7) is 3.63. The van der Waals surface area contributed by atoms with Crippen molar-refractivity contribution >= 4 is 41.5 Å². The van der Waals surface area contributed by atoms with Crippen molar-refractivity contribution in [1.29, 1.82) is 0 Å². The summed E-state index contributed by atoms with van der Waals surface area (Å²) in [5, 5.41) is 11.4. The summed E-state index contributed by atoms with van der Waals surface area (Å²) in [5.41, 5.74) is 0.856. The van der Waals surface area contributed by atoms with E-state index in [1.165, 1.54) is 12.8 Å². The summed E-state index contributed by atoms with van der Waals surface area (Å²) in [5.74, 6) is 0.0522. The Bertz CT molecular complexity index is 594. The van der Waals surface area contributed by atoms with E-state index in [1.807, 2.05) is 11.0 Å². The summed E-state index contributed by atoms with van der Waals surface area (Å²) < 4.78 is 0. The van der Waals surface area contributed by atoms with Crippen molar-refractivity contribution in [2.45, 2.75) is 44.2 Å². The Kier molecular flexibility index (Phi) is 7.84. The number of amides is 1. The highest BCUT2D eigenvalue weighted by Gasteiger charge is 2.34. The quantitative estimate of drug-likeness (QED) is 0.832. The summed E-state index contributed by atoms with van der Waals surface area (Å²) in [7, 11) is 0. The van der Waals surface area contributed by atoms with Crippen LogP contribution in [0.5, 0.6) is 0 Å². The number of piperidine rings is 1. The van der Waals surface area contributed by atoms with Gasteiger partial charge in [-0.05, 0) is 56.5 Å². The van der Waals surface area contributed by atoms with Gasteiger partial charge in [0.1, 0.15) is 0 Å². The smallest absolute Gasteiger partial charge is 0.227 e. The lowest BCUT2D eigenvalue weighted by Crippen LogP contribution is -2.56. The Morgan fingerprint density at radius 2 is 1.84 bits per heavy atom. The van der Waals surface area contributed by atoms with Crippen LogP contribution in [0.3, 0.4) is 0 Å². The van der Waals surface area contributed by atoms with Crippen LogP contribution >= 0.6 is 35.6 Å². The van der Waals surface area contributed by atoms with Gasteiger partial charge >= 0.3 is 0 Å². The molecule has 0 radical (unpaired) electrons. The Morgan fingerprint density at radius 3 is 2.52 bits per heavy atom. The number of nitrogens with zero attached hydrogens (tertiary/aromatic N) is 2. The molecule has 3 rings (SSSR count). The summed E-state index contributed by atoms with van der Waals surface area (Å²) in [6, 6.07) is 5.20. The zero-order valence-electron chi connectivity index (χ0n) is 14.2. The fraction of sp³-hybridized carbons (Fsp3) is 0.611. The molecule has 1 aromatic carbocycles. The minimum atomic E-state index is -0.433. The van der Waals surface area contributed by atoms with Crippen LogP contribution in [-0.2, 0) is 11.2 Å². The highest BCUT2D eigenvalue weighted by molar-refractivity contribution is 6.42. The van der Waals surface area contributed by atoms with Crippen molar-refractivity contribution in [2.75, 3.05) is 26.2 Å². The number of likely N-dealkylation sites (tertiary alicyclic amines) is 2. The minimum absolute atomic E-state index is 0. The van der Waals surface area contributed by atoms with Crippen molar-refractivity contribution in [3.8, 4) is 0 Å². The van der Waals surface area contributed by atoms with E-state index in [2.05, 4.69) is 4.90 Å². The van der Waals surface area contributed by atoms with Crippen LogP contribution in [0.1, 0.15) is 31.2 Å². The second kappa shape index (κ2) is 9.43. The van der Waals surface area contributed by atoms with Gasteiger partial charge in [-0.3, -0.25) is 4.79 Å². The third-order valence-corrected chi connectivity index (χ3v) is 5.79. The van der Waals surface area contributed by atoms with Gasteiger partial charge in [0.2, 0.25) is 5.91 Å². The SMILES string of the molecule is Cl.O=C(Cc1ccc(Cl)c(Cl)c1)N1CCC[C@@H](O)[C@H]1CN1CCCC1. The lowest BCUT2D eigenvalue weighted by molar-refractivity contribution is -0.138. The highest BCUT2D eigenvalue weighted by Crippen LogP contribution is 2.25. The predicted octanol–water partition coefficient (Wildman–Crippen LogP) is 3.41. The molecule has 2 saturated heterocycles. The van der Waals surface area contributed by atoms with Gasteiger partial charge in [-0.15, -0.1) is 12.4 Å². The molecule has 0 saturated carbocycles. The van der Waals surface area contributed by atoms with Crippen molar-refractivity contribution < 1.29 is 9.90 Å². The fourth-order valence-electron chi connectivity index (χ4n) is 3.72. The molecule has 0 spiro atoms. The molecule has 2 aliphatic rings. The van der Waals surface area contributed by atoms with E-state index in [1.54, 1.807) is 12.1 Å². The molecule has 2 heterocycles. The Labute approximate surface area is 165 Å². The number of hydrogen-bond acceptors (Lipinski definition) is 3. The topological polar surface area (TPSA) is 43.8 Å². The molecule has 140 valence electrons. The van der Waals surface area contributed by atoms with Gasteiger partial charge in [0.05, 0.1) is 28.6 Å². The molecule has 1 aromatic rings. The first-order chi connectivity index (χ1) is 11.5. The van der Waals surface area contributed by atoms with Gasteiger partial charge in [0.25, 0.3) is 0 Å². The molecule has 1 amide bonds. The number of halogens is 3. The van der Waals surface area contributed by atoms with Gasteiger partial charge in [-0.2, -0.15) is 0 Å². The molecule has 2 atom stereocenters. The predicted molar refractivity (Wildman–Crippen MR) is 104 cm³/mol. The third-order valence-electron chi connectivity index (χ3n) is 5.05. The van der Waals surface area contributed by atoms with E-state index < -0.39 is 6.10 Å². The van der Waals surface area contributed by atoms with Crippen LogP contribution < -0.4 is 0 Å². The molecule has 0 aliphatic carbocycles. The second-order valence-electron chi connectivity index (χ2n) is 6.80. The normalized spacial score (nSPS) is 24.2. The van der Waals surface area contributed by atoms with Crippen molar-refractivity contribution in [2.24, 2.45) is 0 Å². The molecule has 1 N–H and O–H groups in total. The van der Waals surface area contributed by atoms with Crippen LogP contribution in [0, 0.1) is 0 Å². The van der Waals surface area contributed by atoms with E-state index in [-0.39, 0.29) is 24.4 Å². The molecule has 7 heteroatoms. The average Bonchev–Trinajstić information content (AvgIpc) is 3.06. The van der Waals surface area contributed by atoms with Crippen LogP contribution in [0.15, 0.2) is 18.2 Å². The minimum Gasteiger partial charge on any atom is -0.391 e. The first-order valence-electron chi connectivity index (χ1n) is 8.68. The van der Waals surface area contributed by atoms with Crippen molar-refractivity contribution in [3.63, 3.8) is 0 Å². The number of carbonyl (C=O) groups excluding carboxylic acids is 1. The Morgan fingerprint density at radius 1 is 1.12 bits per heavy atom. The number of aliphatic hydroxyl groups is 1. The summed E-state index contributed by atoms with van der Waals surface area (Å²) in [6.07, 6.45) is 3.90. The molecule has 0 aromatic heterocycles. The number of aliphatic hydroxyl groups excluding tert-OH is 1. The van der Waals surface area contributed by atoms with E-state index in [4.69, 9.17) is 23.2 Å². The van der Waals surface area contributed by atoms with E-state index in [0.717, 1.165) is 44.6 Å². The zero-order valence-corrected chi connectivity index (χ0v) is 16.5. The Hall–Kier alpha value is -0.520. The maximum absolute atomic E-state index is 12.8. The van der Waals surface area contributed by atoms with Gasteiger partial charge in [0.15, 0.2) is 0 Å². The lowest BCUT2D eigenvalue weighted by atomic mass is 9.97. The van der Waals surface area contributed by atoms with Crippen LogP contribution in [-0.4, -0.2) is 59.1 Å². The molecule has 2 aliphatic heterocycles. The summed E-state index contributed by atoms with van der Waals surface area (Å²) >= 11 is 12.0. The first kappa shape index (κ1) is 20.8. The van der Waals surface area contributed by atoms with Crippen LogP contribution in [0.25, 0.3) is 0 Å². The molecule has 25 heavy (non-hydrogen) atoms. The first-order valence-corrected chi connectivity index (χ1v) is 9.44. The maximum atomic E-state index is 12.8. The van der Waals surface area contributed by atoms with Gasteiger partial charge in [0, 0.05) is 13.1 Å². The average molecular weight is 408 g/mol. The molecule has 4 nitrogen and oxygen atoms in total. The highest BCUT2D eigenvalue weighted by atomic mass is 35.5. The van der Waals surface area contributed by atoms with Gasteiger partial charge in [-0.1, -0.05) is 29.3 Å². The van der Waals surface area contributed by atoms with E-state index >= 15 is 0 Å². The summed E-state index contributed by atoms with van der Waals surface area (Å²) in [4.78, 5) is 17.0. The molecular weight excluding hydrogens is 383 g/mol. The molecule has 0 bridgehead atoms. The van der Waals surface area contributed by atoms with Gasteiger partial charge < -0.3 is 14.9 Å². The standard InChI is InChI=1S/C18H24Cl2N2O2.ClH/c19-14-6-5-13(10-15(14)20)11-18(24)22-9-3-4-17(23)16(22)12-21-7-1-2-8-21;/h5-6,10,16-17,23H,1-4,7-9,11-12H2;1H/t16-,17-;/m1./s1. The molecule has 0 unspecified atom stereocenters. The van der Waals surface area contributed by atoms with Gasteiger partial charge in [-0.25, -0.2) is 0 Å². The van der Waals surface area contributed by atoms with Crippen molar-refractivity contribution in [1.82, 2.24) is 9.80 Å². The maximum Gasteiger partial charge on any atom is 0.227 e. The zero-order chi connectivity index (χ0) is 17.1. The lowest BCUT2D eigenvalue weighted by Gasteiger charge is -2.41.